The lowest BCUT2D eigenvalue weighted by atomic mass is 10.1. The summed E-state index contributed by atoms with van der Waals surface area (Å²) < 4.78 is 1.56. The number of carbonyl (C=O) groups is 1. The zero-order valence-corrected chi connectivity index (χ0v) is 19.5. The molecule has 1 aliphatic rings. The Morgan fingerprint density at radius 2 is 2.03 bits per heavy atom. The lowest BCUT2D eigenvalue weighted by Gasteiger charge is -2.23. The first kappa shape index (κ1) is 21.6. The molecule has 3 aromatic rings. The van der Waals surface area contributed by atoms with Crippen molar-refractivity contribution in [2.45, 2.75) is 44.7 Å². The minimum absolute atomic E-state index is 0.0324. The van der Waals surface area contributed by atoms with Crippen molar-refractivity contribution in [3.63, 3.8) is 0 Å². The van der Waals surface area contributed by atoms with E-state index in [1.54, 1.807) is 27.9 Å². The van der Waals surface area contributed by atoms with Gasteiger partial charge in [-0.1, -0.05) is 17.8 Å². The molecule has 2 aromatic heterocycles. The molecule has 0 fully saturated rings. The number of thiophene rings is 1. The Bertz CT molecular complexity index is 1250. The highest BCUT2D eigenvalue weighted by atomic mass is 32.2. The fourth-order valence-corrected chi connectivity index (χ4v) is 6.26. The second-order valence-corrected chi connectivity index (χ2v) is 9.91. The number of carbonyl (C=O) groups excluding carboxylic acids is 1. The van der Waals surface area contributed by atoms with Crippen molar-refractivity contribution >= 4 is 44.9 Å². The van der Waals surface area contributed by atoms with Crippen molar-refractivity contribution in [1.82, 2.24) is 9.55 Å². The van der Waals surface area contributed by atoms with Gasteiger partial charge < -0.3 is 4.90 Å². The van der Waals surface area contributed by atoms with Gasteiger partial charge in [-0.3, -0.25) is 14.2 Å². The summed E-state index contributed by atoms with van der Waals surface area (Å²) in [6.45, 7) is 4.32. The van der Waals surface area contributed by atoms with Gasteiger partial charge in [-0.2, -0.15) is 5.26 Å². The van der Waals surface area contributed by atoms with Crippen LogP contribution in [-0.4, -0.2) is 27.8 Å². The summed E-state index contributed by atoms with van der Waals surface area (Å²) >= 11 is 2.88. The van der Waals surface area contributed by atoms with E-state index in [9.17, 15) is 9.59 Å². The predicted octanol–water partition coefficient (Wildman–Crippen LogP) is 4.14. The van der Waals surface area contributed by atoms with Gasteiger partial charge in [0.25, 0.3) is 5.56 Å². The zero-order valence-electron chi connectivity index (χ0n) is 17.9. The molecule has 6 nitrogen and oxygen atoms in total. The first-order valence-corrected chi connectivity index (χ1v) is 12.1. The average molecular weight is 453 g/mol. The SMILES string of the molecule is Cc1cc(C)cc(N(CCC#N)C(=O)CSc2nc3sc4c(c3c(=O)n2C)CCC4)c1. The minimum Gasteiger partial charge on any atom is -0.311 e. The molecule has 31 heavy (non-hydrogen) atoms. The van der Waals surface area contributed by atoms with Crippen molar-refractivity contribution in [3.05, 3.63) is 50.1 Å². The van der Waals surface area contributed by atoms with Gasteiger partial charge in [0, 0.05) is 24.2 Å². The van der Waals surface area contributed by atoms with Crippen LogP contribution in [0.5, 0.6) is 0 Å². The molecule has 0 saturated heterocycles. The van der Waals surface area contributed by atoms with Crippen LogP contribution in [0.1, 0.15) is 34.4 Å². The van der Waals surface area contributed by atoms with E-state index in [1.807, 2.05) is 26.0 Å². The number of rotatable bonds is 6. The fourth-order valence-electron chi connectivity index (χ4n) is 4.10. The van der Waals surface area contributed by atoms with Gasteiger partial charge in [0.05, 0.1) is 23.6 Å². The van der Waals surface area contributed by atoms with E-state index >= 15 is 0 Å². The summed E-state index contributed by atoms with van der Waals surface area (Å²) in [5, 5.41) is 10.3. The van der Waals surface area contributed by atoms with Crippen molar-refractivity contribution < 1.29 is 4.79 Å². The molecule has 2 heterocycles. The highest BCUT2D eigenvalue weighted by molar-refractivity contribution is 7.99. The number of benzene rings is 1. The van der Waals surface area contributed by atoms with Crippen LogP contribution in [0.15, 0.2) is 28.2 Å². The van der Waals surface area contributed by atoms with Crippen LogP contribution in [0.25, 0.3) is 10.2 Å². The number of nitriles is 1. The van der Waals surface area contributed by atoms with Crippen LogP contribution < -0.4 is 10.5 Å². The maximum Gasteiger partial charge on any atom is 0.262 e. The third-order valence-electron chi connectivity index (χ3n) is 5.50. The third kappa shape index (κ3) is 4.25. The lowest BCUT2D eigenvalue weighted by Crippen LogP contribution is -2.33. The molecular formula is C23H24N4O2S2. The minimum atomic E-state index is -0.103. The lowest BCUT2D eigenvalue weighted by molar-refractivity contribution is -0.116. The Morgan fingerprint density at radius 1 is 1.29 bits per heavy atom. The second-order valence-electron chi connectivity index (χ2n) is 7.88. The van der Waals surface area contributed by atoms with Crippen LogP contribution in [0, 0.1) is 25.2 Å². The Kier molecular flexibility index (Phi) is 6.17. The third-order valence-corrected chi connectivity index (χ3v) is 7.70. The molecule has 8 heteroatoms. The molecule has 1 aliphatic carbocycles. The van der Waals surface area contributed by atoms with Crippen LogP contribution in [0.4, 0.5) is 5.69 Å². The fraction of sp³-hybridized carbons (Fsp3) is 0.391. The Hall–Kier alpha value is -2.63. The van der Waals surface area contributed by atoms with Gasteiger partial charge in [0.15, 0.2) is 5.16 Å². The summed E-state index contributed by atoms with van der Waals surface area (Å²) in [6.07, 6.45) is 3.32. The van der Waals surface area contributed by atoms with Gasteiger partial charge in [-0.15, -0.1) is 11.3 Å². The molecule has 0 saturated carbocycles. The molecule has 1 amide bonds. The van der Waals surface area contributed by atoms with E-state index in [-0.39, 0.29) is 23.6 Å². The molecule has 0 spiro atoms. The van der Waals surface area contributed by atoms with E-state index < -0.39 is 0 Å². The van der Waals surface area contributed by atoms with Gasteiger partial charge in [-0.05, 0) is 61.9 Å². The van der Waals surface area contributed by atoms with Crippen molar-refractivity contribution in [1.29, 1.82) is 5.26 Å². The smallest absolute Gasteiger partial charge is 0.262 e. The first-order chi connectivity index (χ1) is 14.9. The van der Waals surface area contributed by atoms with E-state index in [4.69, 9.17) is 10.2 Å². The number of anilines is 1. The number of aryl methyl sites for hydroxylation is 4. The molecule has 0 unspecified atom stereocenters. The summed E-state index contributed by atoms with van der Waals surface area (Å²) in [5.41, 5.74) is 4.06. The van der Waals surface area contributed by atoms with Crippen LogP contribution >= 0.6 is 23.1 Å². The van der Waals surface area contributed by atoms with Crippen LogP contribution in [-0.2, 0) is 24.7 Å². The molecule has 1 aromatic carbocycles. The molecule has 0 bridgehead atoms. The highest BCUT2D eigenvalue weighted by Gasteiger charge is 2.23. The highest BCUT2D eigenvalue weighted by Crippen LogP contribution is 2.35. The zero-order chi connectivity index (χ0) is 22.1. The Balaban J connectivity index is 1.59. The van der Waals surface area contributed by atoms with E-state index in [0.29, 0.717) is 11.7 Å². The van der Waals surface area contributed by atoms with Crippen molar-refractivity contribution in [2.24, 2.45) is 7.05 Å². The van der Waals surface area contributed by atoms with Gasteiger partial charge in [0.1, 0.15) is 4.83 Å². The van der Waals surface area contributed by atoms with Gasteiger partial charge in [0.2, 0.25) is 5.91 Å². The quantitative estimate of drug-likeness (QED) is 0.415. The summed E-state index contributed by atoms with van der Waals surface area (Å²) in [5.74, 6) is 0.0447. The summed E-state index contributed by atoms with van der Waals surface area (Å²) in [4.78, 5) is 34.5. The Labute approximate surface area is 189 Å². The van der Waals surface area contributed by atoms with E-state index in [1.165, 1.54) is 22.2 Å². The van der Waals surface area contributed by atoms with Gasteiger partial charge in [-0.25, -0.2) is 4.98 Å². The molecule has 0 radical (unpaired) electrons. The van der Waals surface area contributed by atoms with Gasteiger partial charge >= 0.3 is 0 Å². The molecule has 160 valence electrons. The van der Waals surface area contributed by atoms with Crippen LogP contribution in [0.2, 0.25) is 0 Å². The predicted molar refractivity (Wildman–Crippen MR) is 126 cm³/mol. The molecule has 0 aliphatic heterocycles. The molecule has 0 atom stereocenters. The average Bonchev–Trinajstić information content (AvgIpc) is 3.30. The van der Waals surface area contributed by atoms with Crippen molar-refractivity contribution in [3.8, 4) is 6.07 Å². The van der Waals surface area contributed by atoms with E-state index in [0.717, 1.165) is 46.3 Å². The maximum atomic E-state index is 13.1. The second kappa shape index (κ2) is 8.85. The van der Waals surface area contributed by atoms with Crippen LogP contribution in [0.3, 0.4) is 0 Å². The largest absolute Gasteiger partial charge is 0.311 e. The summed E-state index contributed by atoms with van der Waals surface area (Å²) in [6, 6.07) is 8.10. The normalized spacial score (nSPS) is 12.7. The molecule has 4 rings (SSSR count). The molecular weight excluding hydrogens is 428 g/mol. The number of hydrogen-bond acceptors (Lipinski definition) is 6. The first-order valence-electron chi connectivity index (χ1n) is 10.3. The number of amides is 1. The number of thioether (sulfide) groups is 1. The number of fused-ring (bicyclic) bond motifs is 3. The molecule has 0 N–H and O–H groups in total. The Morgan fingerprint density at radius 3 is 2.74 bits per heavy atom. The van der Waals surface area contributed by atoms with E-state index in [2.05, 4.69) is 12.1 Å². The van der Waals surface area contributed by atoms with Crippen molar-refractivity contribution in [2.75, 3.05) is 17.2 Å². The summed E-state index contributed by atoms with van der Waals surface area (Å²) in [7, 11) is 1.72. The number of hydrogen-bond donors (Lipinski definition) is 0. The number of nitrogens with zero attached hydrogens (tertiary/aromatic N) is 4. The monoisotopic (exact) mass is 452 g/mol. The standard InChI is InChI=1S/C23H24N4O2S2/c1-14-10-15(2)12-16(11-14)27(9-5-8-24)19(28)13-30-23-25-21-20(22(29)26(23)3)17-6-4-7-18(17)31-21/h10-12H,4-7,9,13H2,1-3H3. The number of aromatic nitrogens is 2. The topological polar surface area (TPSA) is 79.0 Å². The maximum absolute atomic E-state index is 13.1.